The average Bonchev–Trinajstić information content (AvgIpc) is 2.95. The first-order valence-corrected chi connectivity index (χ1v) is 6.94. The van der Waals surface area contributed by atoms with Crippen LogP contribution in [0.5, 0.6) is 0 Å². The second-order valence-electron chi connectivity index (χ2n) is 4.92. The molecule has 2 rings (SSSR count). The van der Waals surface area contributed by atoms with Crippen molar-refractivity contribution in [2.45, 2.75) is 40.3 Å². The highest BCUT2D eigenvalue weighted by Gasteiger charge is 2.22. The number of aromatic nitrogens is 4. The van der Waals surface area contributed by atoms with Crippen molar-refractivity contribution in [2.75, 3.05) is 5.32 Å². The van der Waals surface area contributed by atoms with Gasteiger partial charge in [-0.2, -0.15) is 10.2 Å². The second-order valence-corrected chi connectivity index (χ2v) is 4.92. The maximum Gasteiger partial charge on any atom is 0.312 e. The lowest BCUT2D eigenvalue weighted by molar-refractivity contribution is -0.386. The Labute approximate surface area is 127 Å². The fourth-order valence-electron chi connectivity index (χ4n) is 2.25. The fraction of sp³-hybridized carbons (Fsp3) is 0.462. The quantitative estimate of drug-likeness (QED) is 0.645. The van der Waals surface area contributed by atoms with Gasteiger partial charge in [-0.05, 0) is 20.3 Å². The van der Waals surface area contributed by atoms with Crippen LogP contribution in [0.2, 0.25) is 0 Å². The van der Waals surface area contributed by atoms with Crippen LogP contribution in [0, 0.1) is 24.0 Å². The van der Waals surface area contributed by atoms with E-state index in [1.807, 2.05) is 6.92 Å². The van der Waals surface area contributed by atoms with Crippen LogP contribution in [0.25, 0.3) is 0 Å². The molecule has 1 N–H and O–H groups in total. The van der Waals surface area contributed by atoms with E-state index in [9.17, 15) is 14.9 Å². The Morgan fingerprint density at radius 3 is 2.73 bits per heavy atom. The highest BCUT2D eigenvalue weighted by Crippen LogP contribution is 2.21. The van der Waals surface area contributed by atoms with Crippen molar-refractivity contribution < 1.29 is 9.72 Å². The number of carbonyl (C=O) groups excluding carboxylic acids is 1. The molecule has 0 fully saturated rings. The molecule has 2 heterocycles. The van der Waals surface area contributed by atoms with E-state index in [1.54, 1.807) is 30.8 Å². The molecule has 118 valence electrons. The highest BCUT2D eigenvalue weighted by atomic mass is 16.6. The van der Waals surface area contributed by atoms with E-state index in [-0.39, 0.29) is 18.1 Å². The lowest BCUT2D eigenvalue weighted by atomic mass is 10.3. The van der Waals surface area contributed by atoms with Gasteiger partial charge in [-0.1, -0.05) is 6.92 Å². The van der Waals surface area contributed by atoms with Crippen molar-refractivity contribution in [2.24, 2.45) is 0 Å². The molecule has 0 saturated carbocycles. The third-order valence-electron chi connectivity index (χ3n) is 3.24. The van der Waals surface area contributed by atoms with Gasteiger partial charge in [-0.15, -0.1) is 0 Å². The molecule has 0 bridgehead atoms. The van der Waals surface area contributed by atoms with E-state index in [0.29, 0.717) is 23.8 Å². The molecule has 0 aromatic carbocycles. The number of nitro groups is 1. The summed E-state index contributed by atoms with van der Waals surface area (Å²) in [6.45, 7) is 5.76. The summed E-state index contributed by atoms with van der Waals surface area (Å²) in [5, 5.41) is 21.9. The lowest BCUT2D eigenvalue weighted by Gasteiger charge is -2.08. The minimum atomic E-state index is -0.484. The second kappa shape index (κ2) is 6.37. The molecule has 2 aromatic heterocycles. The van der Waals surface area contributed by atoms with Gasteiger partial charge in [0, 0.05) is 12.6 Å². The number of hydrogen-bond acceptors (Lipinski definition) is 5. The van der Waals surface area contributed by atoms with Crippen molar-refractivity contribution in [1.29, 1.82) is 0 Å². The summed E-state index contributed by atoms with van der Waals surface area (Å²) >= 11 is 0. The Bertz CT molecular complexity index is 703. The smallest absolute Gasteiger partial charge is 0.309 e. The predicted octanol–water partition coefficient (Wildman–Crippen LogP) is 1.65. The summed E-state index contributed by atoms with van der Waals surface area (Å²) in [7, 11) is 0. The number of carbonyl (C=O) groups is 1. The molecule has 0 saturated heterocycles. The Morgan fingerprint density at radius 1 is 1.41 bits per heavy atom. The van der Waals surface area contributed by atoms with E-state index in [2.05, 4.69) is 15.5 Å². The lowest BCUT2D eigenvalue weighted by Crippen LogP contribution is -2.22. The van der Waals surface area contributed by atoms with Gasteiger partial charge in [-0.25, -0.2) is 4.68 Å². The minimum Gasteiger partial charge on any atom is -0.309 e. The van der Waals surface area contributed by atoms with Crippen LogP contribution in [0.1, 0.15) is 24.7 Å². The molecule has 9 heteroatoms. The first-order valence-electron chi connectivity index (χ1n) is 6.94. The van der Waals surface area contributed by atoms with Crippen LogP contribution in [0.15, 0.2) is 12.3 Å². The van der Waals surface area contributed by atoms with Crippen LogP contribution in [0.4, 0.5) is 11.5 Å². The number of aryl methyl sites for hydroxylation is 2. The fourth-order valence-corrected chi connectivity index (χ4v) is 2.25. The Hall–Kier alpha value is -2.71. The molecule has 0 radical (unpaired) electrons. The zero-order chi connectivity index (χ0) is 16.3. The monoisotopic (exact) mass is 306 g/mol. The van der Waals surface area contributed by atoms with E-state index in [0.717, 1.165) is 6.42 Å². The molecule has 0 aliphatic carbocycles. The molecule has 0 aliphatic rings. The van der Waals surface area contributed by atoms with E-state index in [1.165, 1.54) is 4.68 Å². The Kier molecular flexibility index (Phi) is 4.54. The number of amides is 1. The summed E-state index contributed by atoms with van der Waals surface area (Å²) in [6, 6.07) is 1.71. The van der Waals surface area contributed by atoms with Crippen LogP contribution >= 0.6 is 0 Å². The molecule has 2 aromatic rings. The summed E-state index contributed by atoms with van der Waals surface area (Å²) in [6.07, 6.45) is 2.51. The van der Waals surface area contributed by atoms with E-state index < -0.39 is 4.92 Å². The summed E-state index contributed by atoms with van der Waals surface area (Å²) < 4.78 is 3.03. The van der Waals surface area contributed by atoms with E-state index in [4.69, 9.17) is 0 Å². The third-order valence-corrected chi connectivity index (χ3v) is 3.24. The Balaban J connectivity index is 2.11. The molecule has 1 amide bonds. The summed E-state index contributed by atoms with van der Waals surface area (Å²) in [5.74, 6) is 0.293. The van der Waals surface area contributed by atoms with Crippen LogP contribution in [0.3, 0.4) is 0 Å². The molecular formula is C13H18N6O3. The van der Waals surface area contributed by atoms with Crippen LogP contribution in [-0.4, -0.2) is 30.4 Å². The molecule has 9 nitrogen and oxygen atoms in total. The zero-order valence-electron chi connectivity index (χ0n) is 12.7. The van der Waals surface area contributed by atoms with Crippen molar-refractivity contribution in [1.82, 2.24) is 19.6 Å². The minimum absolute atomic E-state index is 0.0520. The topological polar surface area (TPSA) is 108 Å². The van der Waals surface area contributed by atoms with Gasteiger partial charge in [0.2, 0.25) is 5.91 Å². The van der Waals surface area contributed by atoms with Gasteiger partial charge in [0.05, 0.1) is 11.1 Å². The summed E-state index contributed by atoms with van der Waals surface area (Å²) in [4.78, 5) is 22.6. The molecule has 0 unspecified atom stereocenters. The van der Waals surface area contributed by atoms with E-state index >= 15 is 0 Å². The normalized spacial score (nSPS) is 10.7. The molecule has 22 heavy (non-hydrogen) atoms. The maximum absolute atomic E-state index is 12.1. The van der Waals surface area contributed by atoms with Gasteiger partial charge >= 0.3 is 5.69 Å². The number of anilines is 1. The number of nitrogens with one attached hydrogen (secondary N) is 1. The third kappa shape index (κ3) is 3.13. The van der Waals surface area contributed by atoms with Gasteiger partial charge in [0.25, 0.3) is 0 Å². The zero-order valence-corrected chi connectivity index (χ0v) is 12.7. The molecular weight excluding hydrogens is 288 g/mol. The molecule has 0 spiro atoms. The maximum atomic E-state index is 12.1. The van der Waals surface area contributed by atoms with Gasteiger partial charge in [0.15, 0.2) is 0 Å². The number of hydrogen-bond donors (Lipinski definition) is 1. The van der Waals surface area contributed by atoms with Gasteiger partial charge < -0.3 is 5.32 Å². The van der Waals surface area contributed by atoms with Crippen LogP contribution < -0.4 is 5.32 Å². The highest BCUT2D eigenvalue weighted by molar-refractivity contribution is 5.89. The van der Waals surface area contributed by atoms with Crippen molar-refractivity contribution in [3.63, 3.8) is 0 Å². The average molecular weight is 306 g/mol. The largest absolute Gasteiger partial charge is 0.312 e. The van der Waals surface area contributed by atoms with Gasteiger partial charge in [0.1, 0.15) is 23.8 Å². The Morgan fingerprint density at radius 2 is 2.14 bits per heavy atom. The number of rotatable bonds is 6. The van der Waals surface area contributed by atoms with Crippen molar-refractivity contribution in [3.8, 4) is 0 Å². The SMILES string of the molecule is CCCn1nccc1NC(=O)Cn1nc(C)c([N+](=O)[O-])c1C. The van der Waals surface area contributed by atoms with Crippen molar-refractivity contribution >= 4 is 17.4 Å². The first-order chi connectivity index (χ1) is 10.4. The van der Waals surface area contributed by atoms with Gasteiger partial charge in [-0.3, -0.25) is 19.6 Å². The van der Waals surface area contributed by atoms with Crippen molar-refractivity contribution in [3.05, 3.63) is 33.8 Å². The molecule has 0 atom stereocenters. The standard InChI is InChI=1S/C13H18N6O3/c1-4-7-17-11(5-6-14-17)15-12(20)8-18-10(3)13(19(21)22)9(2)16-18/h5-6H,4,7-8H2,1-3H3,(H,15,20). The predicted molar refractivity (Wildman–Crippen MR) is 79.5 cm³/mol. The molecule has 0 aliphatic heterocycles. The van der Waals surface area contributed by atoms with Crippen LogP contribution in [-0.2, 0) is 17.9 Å². The number of nitrogens with zero attached hydrogens (tertiary/aromatic N) is 5. The first kappa shape index (κ1) is 15.7. The summed E-state index contributed by atoms with van der Waals surface area (Å²) in [5.41, 5.74) is 0.606.